The molecular formula is C12H13N5O2. The second-order valence-electron chi connectivity index (χ2n) is 4.57. The topological polar surface area (TPSA) is 95.0 Å². The van der Waals surface area contributed by atoms with Gasteiger partial charge in [-0.3, -0.25) is 4.79 Å². The van der Waals surface area contributed by atoms with Crippen LogP contribution in [0.5, 0.6) is 0 Å². The second-order valence-corrected chi connectivity index (χ2v) is 4.57. The summed E-state index contributed by atoms with van der Waals surface area (Å²) in [6.07, 6.45) is 0. The van der Waals surface area contributed by atoms with Crippen LogP contribution in [0.3, 0.4) is 0 Å². The number of rotatable bonds is 3. The number of likely N-dealkylation sites (tertiary alicyclic amines) is 1. The van der Waals surface area contributed by atoms with E-state index in [0.29, 0.717) is 24.5 Å². The molecule has 98 valence electrons. The summed E-state index contributed by atoms with van der Waals surface area (Å²) in [5, 5.41) is 22.6. The first-order valence-corrected chi connectivity index (χ1v) is 6.02. The Bertz CT molecular complexity index is 560. The smallest absolute Gasteiger partial charge is 0.253 e. The molecule has 1 aromatic carbocycles. The number of hydrogen-bond donors (Lipinski definition) is 2. The van der Waals surface area contributed by atoms with Crippen LogP contribution in [0.25, 0.3) is 11.4 Å². The number of H-pyrrole nitrogens is 1. The fourth-order valence-corrected chi connectivity index (χ4v) is 2.08. The van der Waals surface area contributed by atoms with Crippen LogP contribution in [-0.4, -0.2) is 56.2 Å². The number of carbonyl (C=O) groups is 1. The number of amides is 1. The maximum atomic E-state index is 12.1. The highest BCUT2D eigenvalue weighted by Gasteiger charge is 2.30. The van der Waals surface area contributed by atoms with Gasteiger partial charge in [-0.05, 0) is 17.3 Å². The summed E-state index contributed by atoms with van der Waals surface area (Å²) in [6, 6.07) is 7.09. The molecule has 1 aromatic heterocycles. The number of aromatic amines is 1. The van der Waals surface area contributed by atoms with Crippen LogP contribution in [-0.2, 0) is 0 Å². The number of nitrogens with one attached hydrogen (secondary N) is 1. The normalized spacial score (nSPS) is 15.3. The minimum Gasteiger partial charge on any atom is -0.396 e. The van der Waals surface area contributed by atoms with E-state index in [9.17, 15) is 4.79 Å². The van der Waals surface area contributed by atoms with Crippen LogP contribution >= 0.6 is 0 Å². The number of carbonyl (C=O) groups excluding carboxylic acids is 1. The van der Waals surface area contributed by atoms with Gasteiger partial charge in [0, 0.05) is 36.7 Å². The maximum absolute atomic E-state index is 12.1. The van der Waals surface area contributed by atoms with E-state index in [1.165, 1.54) is 0 Å². The minimum absolute atomic E-state index is 0.00985. The predicted octanol–water partition coefficient (Wildman–Crippen LogP) is -0.0690. The zero-order chi connectivity index (χ0) is 13.2. The third-order valence-corrected chi connectivity index (χ3v) is 3.24. The summed E-state index contributed by atoms with van der Waals surface area (Å²) in [6.45, 7) is 1.39. The number of hydrogen-bond acceptors (Lipinski definition) is 5. The standard InChI is InChI=1S/C12H13N5O2/c18-7-8-5-17(6-8)12(19)10-3-1-9(2-4-10)11-13-15-16-14-11/h1-4,8,18H,5-7H2,(H,13,14,15,16). The third kappa shape index (κ3) is 2.19. The number of aromatic nitrogens is 4. The summed E-state index contributed by atoms with van der Waals surface area (Å²) in [5.41, 5.74) is 1.44. The molecule has 2 aromatic rings. The Balaban J connectivity index is 1.71. The van der Waals surface area contributed by atoms with Crippen LogP contribution in [0.2, 0.25) is 0 Å². The summed E-state index contributed by atoms with van der Waals surface area (Å²) in [4.78, 5) is 13.8. The molecule has 0 aliphatic carbocycles. The van der Waals surface area contributed by atoms with Gasteiger partial charge in [0.05, 0.1) is 0 Å². The minimum atomic E-state index is -0.00985. The molecule has 1 aliphatic rings. The van der Waals surface area contributed by atoms with Crippen molar-refractivity contribution in [3.8, 4) is 11.4 Å². The van der Waals surface area contributed by atoms with Gasteiger partial charge >= 0.3 is 0 Å². The molecule has 0 saturated carbocycles. The Morgan fingerprint density at radius 3 is 2.68 bits per heavy atom. The highest BCUT2D eigenvalue weighted by atomic mass is 16.3. The highest BCUT2D eigenvalue weighted by Crippen LogP contribution is 2.20. The molecule has 1 fully saturated rings. The lowest BCUT2D eigenvalue weighted by Gasteiger charge is -2.38. The molecule has 1 saturated heterocycles. The molecule has 0 unspecified atom stereocenters. The Kier molecular flexibility index (Phi) is 2.96. The monoisotopic (exact) mass is 259 g/mol. The number of tetrazole rings is 1. The van der Waals surface area contributed by atoms with Gasteiger partial charge in [0.15, 0.2) is 0 Å². The van der Waals surface area contributed by atoms with E-state index in [0.717, 1.165) is 5.56 Å². The van der Waals surface area contributed by atoms with Gasteiger partial charge in [0.25, 0.3) is 5.91 Å². The fourth-order valence-electron chi connectivity index (χ4n) is 2.08. The van der Waals surface area contributed by atoms with Gasteiger partial charge in [0.2, 0.25) is 5.82 Å². The van der Waals surface area contributed by atoms with E-state index in [-0.39, 0.29) is 18.4 Å². The summed E-state index contributed by atoms with van der Waals surface area (Å²) in [5.74, 6) is 0.718. The van der Waals surface area contributed by atoms with Crippen LogP contribution in [0.15, 0.2) is 24.3 Å². The molecule has 0 bridgehead atoms. The Morgan fingerprint density at radius 1 is 1.37 bits per heavy atom. The number of benzene rings is 1. The van der Waals surface area contributed by atoms with Crippen LogP contribution in [0, 0.1) is 5.92 Å². The van der Waals surface area contributed by atoms with E-state index in [1.807, 2.05) is 0 Å². The maximum Gasteiger partial charge on any atom is 0.253 e. The highest BCUT2D eigenvalue weighted by molar-refractivity contribution is 5.95. The summed E-state index contributed by atoms with van der Waals surface area (Å²) >= 11 is 0. The SMILES string of the molecule is O=C(c1ccc(-c2nn[nH]n2)cc1)N1CC(CO)C1. The molecule has 0 spiro atoms. The number of nitrogens with zero attached hydrogens (tertiary/aromatic N) is 4. The van der Waals surface area contributed by atoms with Crippen molar-refractivity contribution in [3.63, 3.8) is 0 Å². The van der Waals surface area contributed by atoms with Crippen molar-refractivity contribution < 1.29 is 9.90 Å². The lowest BCUT2D eigenvalue weighted by atomic mass is 9.99. The predicted molar refractivity (Wildman–Crippen MR) is 66.1 cm³/mol. The van der Waals surface area contributed by atoms with Gasteiger partial charge in [-0.2, -0.15) is 5.21 Å². The quantitative estimate of drug-likeness (QED) is 0.804. The fraction of sp³-hybridized carbons (Fsp3) is 0.333. The molecule has 1 amide bonds. The molecule has 0 atom stereocenters. The number of aliphatic hydroxyl groups is 1. The van der Waals surface area contributed by atoms with Gasteiger partial charge < -0.3 is 10.0 Å². The van der Waals surface area contributed by atoms with Crippen LogP contribution in [0.1, 0.15) is 10.4 Å². The molecule has 7 heteroatoms. The summed E-state index contributed by atoms with van der Waals surface area (Å²) < 4.78 is 0. The summed E-state index contributed by atoms with van der Waals surface area (Å²) in [7, 11) is 0. The Morgan fingerprint density at radius 2 is 2.11 bits per heavy atom. The average molecular weight is 259 g/mol. The first-order valence-electron chi connectivity index (χ1n) is 6.02. The van der Waals surface area contributed by atoms with Crippen molar-refractivity contribution in [1.82, 2.24) is 25.5 Å². The molecule has 1 aliphatic heterocycles. The van der Waals surface area contributed by atoms with Crippen LogP contribution < -0.4 is 0 Å². The van der Waals surface area contributed by atoms with E-state index >= 15 is 0 Å². The molecule has 2 heterocycles. The first-order chi connectivity index (χ1) is 9.28. The lowest BCUT2D eigenvalue weighted by molar-refractivity contribution is 0.0362. The largest absolute Gasteiger partial charge is 0.396 e. The van der Waals surface area contributed by atoms with E-state index in [1.54, 1.807) is 29.2 Å². The van der Waals surface area contributed by atoms with Crippen molar-refractivity contribution in [2.24, 2.45) is 5.92 Å². The third-order valence-electron chi connectivity index (χ3n) is 3.24. The van der Waals surface area contributed by atoms with Gasteiger partial charge in [-0.15, -0.1) is 10.2 Å². The average Bonchev–Trinajstić information content (AvgIpc) is 2.91. The van der Waals surface area contributed by atoms with Gasteiger partial charge in [-0.1, -0.05) is 12.1 Å². The number of aliphatic hydroxyl groups excluding tert-OH is 1. The molecule has 2 N–H and O–H groups in total. The molecule has 7 nitrogen and oxygen atoms in total. The molecule has 3 rings (SSSR count). The second kappa shape index (κ2) is 4.77. The van der Waals surface area contributed by atoms with E-state index in [2.05, 4.69) is 20.6 Å². The molecular weight excluding hydrogens is 246 g/mol. The molecule has 19 heavy (non-hydrogen) atoms. The molecule has 0 radical (unpaired) electrons. The zero-order valence-electron chi connectivity index (χ0n) is 10.2. The lowest BCUT2D eigenvalue weighted by Crippen LogP contribution is -2.51. The van der Waals surface area contributed by atoms with Crippen LogP contribution in [0.4, 0.5) is 0 Å². The van der Waals surface area contributed by atoms with Crippen molar-refractivity contribution in [1.29, 1.82) is 0 Å². The van der Waals surface area contributed by atoms with Crippen molar-refractivity contribution in [2.75, 3.05) is 19.7 Å². The van der Waals surface area contributed by atoms with Gasteiger partial charge in [-0.25, -0.2) is 0 Å². The first kappa shape index (κ1) is 11.8. The van der Waals surface area contributed by atoms with E-state index < -0.39 is 0 Å². The Labute approximate surface area is 109 Å². The Hall–Kier alpha value is -2.28. The zero-order valence-corrected chi connectivity index (χ0v) is 10.2. The van der Waals surface area contributed by atoms with Crippen molar-refractivity contribution in [3.05, 3.63) is 29.8 Å². The van der Waals surface area contributed by atoms with Crippen molar-refractivity contribution in [2.45, 2.75) is 0 Å². The van der Waals surface area contributed by atoms with E-state index in [4.69, 9.17) is 5.11 Å². The van der Waals surface area contributed by atoms with Gasteiger partial charge in [0.1, 0.15) is 0 Å². The van der Waals surface area contributed by atoms with Crippen molar-refractivity contribution >= 4 is 5.91 Å².